The first-order valence-corrected chi connectivity index (χ1v) is 21.2. The highest BCUT2D eigenvalue weighted by molar-refractivity contribution is 6.18. The predicted octanol–water partition coefficient (Wildman–Crippen LogP) is 8.64. The molecule has 2 aliphatic heterocycles. The molecule has 0 spiro atoms. The number of carbonyl (C=O) groups excluding carboxylic acids is 2. The monoisotopic (exact) mass is 764 g/mol. The number of benzene rings is 1. The normalized spacial score (nSPS) is 36.2. The second-order valence-corrected chi connectivity index (χ2v) is 19.8. The van der Waals surface area contributed by atoms with E-state index < -0.39 is 34.9 Å². The number of hydrogen-bond acceptors (Lipinski definition) is 6. The summed E-state index contributed by atoms with van der Waals surface area (Å²) in [4.78, 5) is 27.8. The van der Waals surface area contributed by atoms with Gasteiger partial charge in [0, 0.05) is 58.7 Å². The number of ketones is 1. The van der Waals surface area contributed by atoms with Gasteiger partial charge in [-0.2, -0.15) is 0 Å². The van der Waals surface area contributed by atoms with Crippen LogP contribution in [-0.2, 0) is 26.1 Å². The van der Waals surface area contributed by atoms with Crippen LogP contribution in [0, 0.1) is 28.6 Å². The van der Waals surface area contributed by atoms with Gasteiger partial charge in [-0.05, 0) is 133 Å². The van der Waals surface area contributed by atoms with Crippen LogP contribution in [0.1, 0.15) is 146 Å². The van der Waals surface area contributed by atoms with E-state index in [1.807, 2.05) is 32.9 Å². The molecule has 3 N–H and O–H groups in total. The number of nitrogens with zero attached hydrogens (tertiary/aromatic N) is 1. The molecule has 9 unspecified atom stereocenters. The maximum Gasteiger partial charge on any atom is 0.246 e. The van der Waals surface area contributed by atoms with Crippen molar-refractivity contribution in [1.29, 1.82) is 0 Å². The van der Waals surface area contributed by atoms with Crippen molar-refractivity contribution >= 4 is 28.2 Å². The van der Waals surface area contributed by atoms with E-state index >= 15 is 0 Å². The average Bonchev–Trinajstić information content (AvgIpc) is 3.78. The van der Waals surface area contributed by atoms with E-state index in [1.165, 1.54) is 11.3 Å². The highest BCUT2D eigenvalue weighted by Gasteiger charge is 2.67. The second kappa shape index (κ2) is 13.1. The number of aliphatic hydroxyl groups is 2. The summed E-state index contributed by atoms with van der Waals surface area (Å²) in [5.74, 6) is 0.217. The van der Waals surface area contributed by atoms with Crippen molar-refractivity contribution in [2.24, 2.45) is 28.6 Å². The van der Waals surface area contributed by atoms with Crippen LogP contribution >= 0.6 is 0 Å². The Balaban J connectivity index is 1.23. The molecule has 0 saturated heterocycles. The number of aliphatic hydroxyl groups excluding tert-OH is 2. The van der Waals surface area contributed by atoms with Gasteiger partial charge >= 0.3 is 0 Å². The minimum absolute atomic E-state index is 0.0327. The zero-order chi connectivity index (χ0) is 40.5. The molecule has 2 aromatic rings. The Bertz CT molecular complexity index is 2130. The molecule has 8 rings (SSSR count). The summed E-state index contributed by atoms with van der Waals surface area (Å²) in [7, 11) is 0. The van der Waals surface area contributed by atoms with Gasteiger partial charge in [-0.15, -0.1) is 0 Å². The lowest BCUT2D eigenvalue weighted by Crippen LogP contribution is -2.62. The molecule has 3 heterocycles. The van der Waals surface area contributed by atoms with Crippen LogP contribution < -0.4 is 5.32 Å². The molecule has 0 bridgehead atoms. The lowest BCUT2D eigenvalue weighted by Gasteiger charge is -2.64. The molecule has 2 saturated carbocycles. The third kappa shape index (κ3) is 5.30. The van der Waals surface area contributed by atoms with Gasteiger partial charge in [-0.1, -0.05) is 51.2 Å². The number of aromatic nitrogens is 1. The minimum Gasteiger partial charge on any atom is -0.392 e. The molecule has 2 fully saturated rings. The van der Waals surface area contributed by atoms with Gasteiger partial charge in [-0.25, -0.2) is 0 Å². The number of carbonyl (C=O) groups is 2. The van der Waals surface area contributed by atoms with E-state index in [4.69, 9.17) is 9.47 Å². The molecule has 1 aromatic carbocycles. The minimum atomic E-state index is -0.857. The van der Waals surface area contributed by atoms with Crippen LogP contribution in [0.5, 0.6) is 0 Å². The molecule has 4 aliphatic carbocycles. The van der Waals surface area contributed by atoms with E-state index in [1.54, 1.807) is 0 Å². The molecule has 302 valence electrons. The maximum absolute atomic E-state index is 14.9. The number of allylic oxidation sites excluding steroid dienone is 3. The summed E-state index contributed by atoms with van der Waals surface area (Å²) < 4.78 is 14.3. The van der Waals surface area contributed by atoms with Crippen molar-refractivity contribution in [2.45, 2.75) is 143 Å². The average molecular weight is 765 g/mol. The molecule has 6 aliphatic rings. The van der Waals surface area contributed by atoms with E-state index in [9.17, 15) is 19.8 Å². The second-order valence-electron chi connectivity index (χ2n) is 19.8. The first kappa shape index (κ1) is 39.5. The molecular weight excluding hydrogens is 701 g/mol. The number of rotatable bonds is 9. The fraction of sp³-hybridized carbons (Fsp3) is 0.625. The molecule has 0 radical (unpaired) electrons. The van der Waals surface area contributed by atoms with Gasteiger partial charge in [0.1, 0.15) is 6.04 Å². The summed E-state index contributed by atoms with van der Waals surface area (Å²) in [6, 6.07) is 1.78. The van der Waals surface area contributed by atoms with Crippen molar-refractivity contribution < 1.29 is 29.3 Å². The van der Waals surface area contributed by atoms with Crippen LogP contribution in [0.25, 0.3) is 16.5 Å². The van der Waals surface area contributed by atoms with Crippen molar-refractivity contribution in [1.82, 2.24) is 9.88 Å². The summed E-state index contributed by atoms with van der Waals surface area (Å²) in [5, 5.41) is 28.2. The molecular formula is C48H64N2O6. The third-order valence-electron chi connectivity index (χ3n) is 15.7. The van der Waals surface area contributed by atoms with E-state index in [0.29, 0.717) is 43.2 Å². The Hall–Kier alpha value is -3.30. The summed E-state index contributed by atoms with van der Waals surface area (Å²) in [6.07, 6.45) is 12.1. The molecule has 1 amide bonds. The van der Waals surface area contributed by atoms with Gasteiger partial charge < -0.3 is 29.6 Å². The zero-order valence-electron chi connectivity index (χ0n) is 35.4. The lowest BCUT2D eigenvalue weighted by molar-refractivity contribution is -0.144. The Morgan fingerprint density at radius 3 is 2.54 bits per heavy atom. The summed E-state index contributed by atoms with van der Waals surface area (Å²) in [6.45, 7) is 27.4. The van der Waals surface area contributed by atoms with Crippen molar-refractivity contribution in [3.63, 3.8) is 0 Å². The lowest BCUT2D eigenvalue weighted by atomic mass is 9.40. The van der Waals surface area contributed by atoms with Crippen LogP contribution in [0.2, 0.25) is 0 Å². The number of amides is 1. The van der Waals surface area contributed by atoms with E-state index in [-0.39, 0.29) is 34.4 Å². The summed E-state index contributed by atoms with van der Waals surface area (Å²) >= 11 is 0. The Kier molecular flexibility index (Phi) is 9.25. The fourth-order valence-electron chi connectivity index (χ4n) is 13.2. The molecule has 9 atom stereocenters. The fourth-order valence-corrected chi connectivity index (χ4v) is 13.2. The molecule has 8 nitrogen and oxygen atoms in total. The van der Waals surface area contributed by atoms with Gasteiger partial charge in [0.2, 0.25) is 5.91 Å². The van der Waals surface area contributed by atoms with Crippen molar-refractivity contribution in [3.8, 4) is 0 Å². The predicted molar refractivity (Wildman–Crippen MR) is 222 cm³/mol. The van der Waals surface area contributed by atoms with E-state index in [2.05, 4.69) is 83.1 Å². The van der Waals surface area contributed by atoms with Gasteiger partial charge in [0.15, 0.2) is 5.78 Å². The van der Waals surface area contributed by atoms with Gasteiger partial charge in [-0.3, -0.25) is 9.59 Å². The van der Waals surface area contributed by atoms with Crippen LogP contribution in [0.4, 0.5) is 0 Å². The van der Waals surface area contributed by atoms with Gasteiger partial charge in [0.25, 0.3) is 0 Å². The van der Waals surface area contributed by atoms with Crippen LogP contribution in [0.3, 0.4) is 0 Å². The number of Topliss-reactive ketones (excluding diaryl/α,β-unsaturated/α-hetero) is 1. The first-order valence-electron chi connectivity index (χ1n) is 21.2. The van der Waals surface area contributed by atoms with Gasteiger partial charge in [0.05, 0.1) is 34.5 Å². The van der Waals surface area contributed by atoms with E-state index in [0.717, 1.165) is 65.3 Å². The largest absolute Gasteiger partial charge is 0.392 e. The Morgan fingerprint density at radius 2 is 1.84 bits per heavy atom. The standard InChI is InChI=1S/C48H64N2O6/c1-12-55-22-14-21-49-43(54)27(4)15-13-19-46(9)33-17-16-28-23-31-30-24-29-32-25-44(5,6)56-45(7,8)37(32)40(52)35(29)36-39(30)50(38(26(2)3)41(36)53)42(31)48(28,11)47(33,10)20-18-34(46)51/h13,15,19,24-25,28,33-34,37-38,40,51-52H,2,12,14,16-18,20-23H2,1,3-11H3,(H,49,54)/b19-13+,27-15+. The summed E-state index contributed by atoms with van der Waals surface area (Å²) in [5.41, 5.74) is 6.37. The highest BCUT2D eigenvalue weighted by atomic mass is 16.5. The first-order chi connectivity index (χ1) is 26.2. The van der Waals surface area contributed by atoms with Crippen LogP contribution in [0.15, 0.2) is 48.1 Å². The smallest absolute Gasteiger partial charge is 0.246 e. The Labute approximate surface area is 333 Å². The molecule has 8 heteroatoms. The van der Waals surface area contributed by atoms with Crippen molar-refractivity contribution in [3.05, 3.63) is 76.0 Å². The number of hydrogen-bond donors (Lipinski definition) is 3. The molecule has 1 aromatic heterocycles. The quantitative estimate of drug-likeness (QED) is 0.102. The van der Waals surface area contributed by atoms with Crippen molar-refractivity contribution in [2.75, 3.05) is 19.8 Å². The zero-order valence-corrected chi connectivity index (χ0v) is 35.4. The van der Waals surface area contributed by atoms with Crippen LogP contribution in [-0.4, -0.2) is 63.5 Å². The molecule has 56 heavy (non-hydrogen) atoms. The number of ether oxygens (including phenoxy) is 2. The number of nitrogens with one attached hydrogen (secondary N) is 1. The number of fused-ring (bicyclic) bond motifs is 11. The maximum atomic E-state index is 14.9. The SMILES string of the molecule is C=C(C)C1C(=O)c2c3c(cc4c5c(n1c24)C1(C)C(CCC2C(C)(/C=C/C=C(\C)C(=O)NCCCOCC)C(O)CCC21C)C5)C1=CC(C)(C)OC(C)(C)C1C3O. The third-order valence-corrected chi connectivity index (χ3v) is 15.7. The highest BCUT2D eigenvalue weighted by Crippen LogP contribution is 2.71. The topological polar surface area (TPSA) is 110 Å². The Morgan fingerprint density at radius 1 is 1.11 bits per heavy atom.